The van der Waals surface area contributed by atoms with Gasteiger partial charge in [-0.05, 0) is 94.4 Å². The van der Waals surface area contributed by atoms with Crippen LogP contribution in [0.5, 0.6) is 5.75 Å². The predicted octanol–water partition coefficient (Wildman–Crippen LogP) is 6.48. The van der Waals surface area contributed by atoms with E-state index in [1.807, 2.05) is 6.92 Å². The Bertz CT molecular complexity index is 1180. The van der Waals surface area contributed by atoms with Gasteiger partial charge in [-0.3, -0.25) is 14.9 Å². The van der Waals surface area contributed by atoms with E-state index in [9.17, 15) is 9.59 Å². The number of fused-ring (bicyclic) bond motifs is 1. The van der Waals surface area contributed by atoms with Crippen molar-refractivity contribution in [2.24, 2.45) is 0 Å². The van der Waals surface area contributed by atoms with Gasteiger partial charge in [-0.1, -0.05) is 33.8 Å². The lowest BCUT2D eigenvalue weighted by Crippen LogP contribution is -2.34. The minimum atomic E-state index is -0.473. The molecule has 4 nitrogen and oxygen atoms in total. The molecule has 0 aromatic heterocycles. The van der Waals surface area contributed by atoms with E-state index < -0.39 is 17.0 Å². The van der Waals surface area contributed by atoms with Crippen molar-refractivity contribution in [3.05, 3.63) is 57.2 Å². The fourth-order valence-electron chi connectivity index (χ4n) is 4.67. The monoisotopic (exact) mass is 453 g/mol. The average molecular weight is 454 g/mol. The van der Waals surface area contributed by atoms with Crippen molar-refractivity contribution in [1.82, 2.24) is 5.32 Å². The van der Waals surface area contributed by atoms with Crippen LogP contribution in [0.3, 0.4) is 0 Å². The van der Waals surface area contributed by atoms with Crippen LogP contribution in [-0.4, -0.2) is 18.3 Å². The molecule has 1 aliphatic heterocycles. The average Bonchev–Trinajstić information content (AvgIpc) is 3.02. The third-order valence-electron chi connectivity index (χ3n) is 6.70. The number of thioether (sulfide) groups is 1. The molecule has 1 aliphatic carbocycles. The number of rotatable bonds is 3. The maximum absolute atomic E-state index is 15.5. The summed E-state index contributed by atoms with van der Waals surface area (Å²) < 4.78 is 21.1. The molecule has 0 saturated carbocycles. The second-order valence-electron chi connectivity index (χ2n) is 9.91. The normalized spacial score (nSPS) is 20.3. The standard InChI is InChI=1S/C26H28FNO3S/c1-14-9-17-18(26(4,5)8-7-25(17,2)3)13-16(14)22-19(27)10-15(11-20(22)31-6)12-21-23(29)28-24(30)32-21/h9-13H,7-8H2,1-6H3,(H,28,29,30). The Labute approximate surface area is 192 Å². The van der Waals surface area contributed by atoms with Crippen molar-refractivity contribution in [2.75, 3.05) is 7.11 Å². The van der Waals surface area contributed by atoms with E-state index in [4.69, 9.17) is 4.74 Å². The first kappa shape index (κ1) is 22.6. The van der Waals surface area contributed by atoms with Gasteiger partial charge in [0.25, 0.3) is 11.1 Å². The number of nitrogens with one attached hydrogen (secondary N) is 1. The Balaban J connectivity index is 1.87. The van der Waals surface area contributed by atoms with Gasteiger partial charge >= 0.3 is 0 Å². The minimum absolute atomic E-state index is 0.000961. The van der Waals surface area contributed by atoms with Crippen LogP contribution in [-0.2, 0) is 15.6 Å². The molecule has 2 amide bonds. The Hall–Kier alpha value is -2.60. The van der Waals surface area contributed by atoms with E-state index in [1.165, 1.54) is 30.4 Å². The molecule has 1 saturated heterocycles. The number of halogens is 1. The van der Waals surface area contributed by atoms with Crippen LogP contribution >= 0.6 is 11.8 Å². The van der Waals surface area contributed by atoms with E-state index in [2.05, 4.69) is 45.1 Å². The van der Waals surface area contributed by atoms with Crippen molar-refractivity contribution in [3.63, 3.8) is 0 Å². The highest BCUT2D eigenvalue weighted by Gasteiger charge is 2.38. The first-order chi connectivity index (χ1) is 14.9. The van der Waals surface area contributed by atoms with Crippen molar-refractivity contribution >= 4 is 29.0 Å². The summed E-state index contributed by atoms with van der Waals surface area (Å²) in [5.74, 6) is -0.511. The van der Waals surface area contributed by atoms with Gasteiger partial charge in [0.15, 0.2) is 0 Å². The van der Waals surface area contributed by atoms with E-state index >= 15 is 4.39 Å². The molecule has 32 heavy (non-hydrogen) atoms. The van der Waals surface area contributed by atoms with Crippen LogP contribution in [0.2, 0.25) is 0 Å². The highest BCUT2D eigenvalue weighted by molar-refractivity contribution is 8.18. The first-order valence-electron chi connectivity index (χ1n) is 10.7. The highest BCUT2D eigenvalue weighted by atomic mass is 32.2. The zero-order chi connectivity index (χ0) is 23.4. The molecular weight excluding hydrogens is 425 g/mol. The first-order valence-corrected chi connectivity index (χ1v) is 11.5. The molecule has 4 rings (SSSR count). The molecule has 0 unspecified atom stereocenters. The molecule has 0 radical (unpaired) electrons. The Kier molecular flexibility index (Phi) is 5.48. The Morgan fingerprint density at radius 3 is 2.22 bits per heavy atom. The van der Waals surface area contributed by atoms with Crippen molar-refractivity contribution < 1.29 is 18.7 Å². The number of imide groups is 1. The van der Waals surface area contributed by atoms with Gasteiger partial charge in [-0.25, -0.2) is 4.39 Å². The fourth-order valence-corrected chi connectivity index (χ4v) is 5.35. The molecular formula is C26H28FNO3S. The number of carbonyl (C=O) groups excluding carboxylic acids is 2. The number of ether oxygens (including phenoxy) is 1. The zero-order valence-electron chi connectivity index (χ0n) is 19.3. The van der Waals surface area contributed by atoms with Crippen LogP contribution in [0.1, 0.15) is 62.8 Å². The fraction of sp³-hybridized carbons (Fsp3) is 0.385. The van der Waals surface area contributed by atoms with Gasteiger partial charge in [0.1, 0.15) is 11.6 Å². The highest BCUT2D eigenvalue weighted by Crippen LogP contribution is 2.48. The lowest BCUT2D eigenvalue weighted by molar-refractivity contribution is -0.115. The zero-order valence-corrected chi connectivity index (χ0v) is 20.1. The largest absolute Gasteiger partial charge is 0.496 e. The van der Waals surface area contributed by atoms with E-state index in [1.54, 1.807) is 6.07 Å². The molecule has 6 heteroatoms. The second kappa shape index (κ2) is 7.77. The number of hydrogen-bond donors (Lipinski definition) is 1. The minimum Gasteiger partial charge on any atom is -0.496 e. The molecule has 0 spiro atoms. The molecule has 2 aromatic carbocycles. The quantitative estimate of drug-likeness (QED) is 0.540. The Morgan fingerprint density at radius 1 is 1.03 bits per heavy atom. The lowest BCUT2D eigenvalue weighted by Gasteiger charge is -2.42. The molecule has 0 atom stereocenters. The third kappa shape index (κ3) is 3.85. The van der Waals surface area contributed by atoms with Gasteiger partial charge in [0.2, 0.25) is 0 Å². The van der Waals surface area contributed by atoms with E-state index in [-0.39, 0.29) is 15.7 Å². The summed E-state index contributed by atoms with van der Waals surface area (Å²) >= 11 is 0.804. The lowest BCUT2D eigenvalue weighted by atomic mass is 9.62. The number of hydrogen-bond acceptors (Lipinski definition) is 4. The molecule has 1 heterocycles. The number of aryl methyl sites for hydroxylation is 1. The molecule has 1 fully saturated rings. The number of carbonyl (C=O) groups is 2. The molecule has 0 bridgehead atoms. The van der Waals surface area contributed by atoms with Gasteiger partial charge < -0.3 is 4.74 Å². The van der Waals surface area contributed by atoms with Crippen molar-refractivity contribution in [2.45, 2.75) is 58.3 Å². The molecule has 168 valence electrons. The van der Waals surface area contributed by atoms with Gasteiger partial charge in [0.05, 0.1) is 17.6 Å². The summed E-state index contributed by atoms with van der Waals surface area (Å²) in [6.45, 7) is 11.0. The van der Waals surface area contributed by atoms with Crippen molar-refractivity contribution in [3.8, 4) is 16.9 Å². The van der Waals surface area contributed by atoms with Crippen LogP contribution in [0.15, 0.2) is 29.2 Å². The maximum Gasteiger partial charge on any atom is 0.290 e. The summed E-state index contributed by atoms with van der Waals surface area (Å²) in [4.78, 5) is 23.5. The topological polar surface area (TPSA) is 55.4 Å². The third-order valence-corrected chi connectivity index (χ3v) is 7.51. The van der Waals surface area contributed by atoms with Gasteiger partial charge in [0, 0.05) is 0 Å². The summed E-state index contributed by atoms with van der Waals surface area (Å²) in [6.07, 6.45) is 3.69. The van der Waals surface area contributed by atoms with Crippen LogP contribution < -0.4 is 10.1 Å². The van der Waals surface area contributed by atoms with Crippen LogP contribution in [0.4, 0.5) is 9.18 Å². The smallest absolute Gasteiger partial charge is 0.290 e. The molecule has 2 aromatic rings. The summed E-state index contributed by atoms with van der Waals surface area (Å²) in [5, 5.41) is 1.78. The number of benzene rings is 2. The van der Waals surface area contributed by atoms with E-state index in [0.717, 1.165) is 35.7 Å². The summed E-state index contributed by atoms with van der Waals surface area (Å²) in [7, 11) is 1.51. The van der Waals surface area contributed by atoms with E-state index in [0.29, 0.717) is 16.9 Å². The van der Waals surface area contributed by atoms with Crippen molar-refractivity contribution in [1.29, 1.82) is 0 Å². The second-order valence-corrected chi connectivity index (χ2v) is 10.9. The summed E-state index contributed by atoms with van der Waals surface area (Å²) in [6, 6.07) is 7.42. The van der Waals surface area contributed by atoms with Crippen LogP contribution in [0.25, 0.3) is 17.2 Å². The maximum atomic E-state index is 15.5. The number of amides is 2. The Morgan fingerprint density at radius 2 is 1.66 bits per heavy atom. The van der Waals surface area contributed by atoms with Gasteiger partial charge in [-0.2, -0.15) is 0 Å². The number of methoxy groups -OCH3 is 1. The SMILES string of the molecule is COc1cc(C=C2SC(=O)NC2=O)cc(F)c1-c1cc2c(cc1C)C(C)(C)CCC2(C)C. The predicted molar refractivity (Wildman–Crippen MR) is 128 cm³/mol. The van der Waals surface area contributed by atoms with Crippen LogP contribution in [0, 0.1) is 12.7 Å². The molecule has 1 N–H and O–H groups in total. The van der Waals surface area contributed by atoms with Gasteiger partial charge in [-0.15, -0.1) is 0 Å². The summed E-state index contributed by atoms with van der Waals surface area (Å²) in [5.41, 5.74) is 5.33. The molecule has 2 aliphatic rings.